The van der Waals surface area contributed by atoms with E-state index in [2.05, 4.69) is 45.0 Å². The Morgan fingerprint density at radius 1 is 1.38 bits per heavy atom. The molecular weight excluding hydrogens is 158 g/mol. The Bertz CT molecular complexity index is 268. The first kappa shape index (κ1) is 10.3. The van der Waals surface area contributed by atoms with Gasteiger partial charge in [-0.1, -0.05) is 50.1 Å². The lowest BCUT2D eigenvalue weighted by molar-refractivity contribution is 0.456. The molecule has 0 aliphatic heterocycles. The fourth-order valence-electron chi connectivity index (χ4n) is 1.46. The van der Waals surface area contributed by atoms with Gasteiger partial charge in [0.05, 0.1) is 0 Å². The molecule has 0 bridgehead atoms. The van der Waals surface area contributed by atoms with Crippen LogP contribution in [0.3, 0.4) is 0 Å². The van der Waals surface area contributed by atoms with Gasteiger partial charge in [-0.2, -0.15) is 0 Å². The molecule has 0 saturated heterocycles. The minimum atomic E-state index is 0.185. The molecule has 2 N–H and O–H groups in total. The number of benzene rings is 1. The third-order valence-corrected chi connectivity index (χ3v) is 2.68. The maximum absolute atomic E-state index is 6.12. The summed E-state index contributed by atoms with van der Waals surface area (Å²) in [7, 11) is 0. The topological polar surface area (TPSA) is 26.0 Å². The van der Waals surface area contributed by atoms with E-state index in [-0.39, 0.29) is 6.04 Å². The van der Waals surface area contributed by atoms with Crippen LogP contribution in [0.25, 0.3) is 0 Å². The maximum atomic E-state index is 6.12. The molecule has 0 amide bonds. The highest BCUT2D eigenvalue weighted by Gasteiger charge is 2.12. The molecule has 0 radical (unpaired) electrons. The predicted octanol–water partition coefficient (Wildman–Crippen LogP) is 3.04. The highest BCUT2D eigenvalue weighted by molar-refractivity contribution is 5.25. The second kappa shape index (κ2) is 4.43. The Labute approximate surface area is 81.0 Å². The Morgan fingerprint density at radius 3 is 2.62 bits per heavy atom. The van der Waals surface area contributed by atoms with Crippen molar-refractivity contribution in [1.82, 2.24) is 0 Å². The van der Waals surface area contributed by atoms with Crippen LogP contribution in [0.4, 0.5) is 0 Å². The Kier molecular flexibility index (Phi) is 3.49. The lowest BCUT2D eigenvalue weighted by Crippen LogP contribution is -2.18. The lowest BCUT2D eigenvalue weighted by Gasteiger charge is -2.18. The third kappa shape index (κ3) is 2.56. The first-order valence-electron chi connectivity index (χ1n) is 4.97. The summed E-state index contributed by atoms with van der Waals surface area (Å²) >= 11 is 0. The van der Waals surface area contributed by atoms with Gasteiger partial charge in [0, 0.05) is 6.04 Å². The van der Waals surface area contributed by atoms with Gasteiger partial charge in [-0.3, -0.25) is 0 Å². The van der Waals surface area contributed by atoms with Crippen molar-refractivity contribution in [3.05, 3.63) is 35.4 Å². The Hall–Kier alpha value is -0.820. The molecule has 1 aromatic carbocycles. The molecule has 0 aliphatic carbocycles. The van der Waals surface area contributed by atoms with Gasteiger partial charge in [-0.25, -0.2) is 0 Å². The average molecular weight is 177 g/mol. The van der Waals surface area contributed by atoms with Crippen LogP contribution in [0.15, 0.2) is 24.3 Å². The van der Waals surface area contributed by atoms with E-state index < -0.39 is 0 Å². The smallest absolute Gasteiger partial charge is 0.0320 e. The standard InChI is InChI=1S/C12H19N/c1-4-10(3)12(13)11-7-5-6-9(2)8-11/h5-8,10,12H,4,13H2,1-3H3/t10?,12-/m0/s1. The van der Waals surface area contributed by atoms with E-state index in [4.69, 9.17) is 5.73 Å². The summed E-state index contributed by atoms with van der Waals surface area (Å²) in [6, 6.07) is 8.66. The van der Waals surface area contributed by atoms with Crippen molar-refractivity contribution in [2.75, 3.05) is 0 Å². The number of aryl methyl sites for hydroxylation is 1. The molecule has 0 spiro atoms. The van der Waals surface area contributed by atoms with E-state index in [0.29, 0.717) is 5.92 Å². The summed E-state index contributed by atoms with van der Waals surface area (Å²) in [6.07, 6.45) is 1.13. The molecule has 13 heavy (non-hydrogen) atoms. The zero-order chi connectivity index (χ0) is 9.84. The molecule has 0 fully saturated rings. The SMILES string of the molecule is CCC(C)[C@H](N)c1cccc(C)c1. The zero-order valence-electron chi connectivity index (χ0n) is 8.75. The second-order valence-electron chi connectivity index (χ2n) is 3.83. The first-order valence-corrected chi connectivity index (χ1v) is 4.97. The van der Waals surface area contributed by atoms with Crippen LogP contribution in [-0.2, 0) is 0 Å². The van der Waals surface area contributed by atoms with Crippen LogP contribution in [0.2, 0.25) is 0 Å². The second-order valence-corrected chi connectivity index (χ2v) is 3.83. The van der Waals surface area contributed by atoms with Crippen molar-refractivity contribution < 1.29 is 0 Å². The largest absolute Gasteiger partial charge is 0.324 e. The molecule has 1 rings (SSSR count). The van der Waals surface area contributed by atoms with Gasteiger partial charge in [-0.15, -0.1) is 0 Å². The average Bonchev–Trinajstić information content (AvgIpc) is 2.15. The summed E-state index contributed by atoms with van der Waals surface area (Å²) in [5, 5.41) is 0. The Balaban J connectivity index is 2.82. The van der Waals surface area contributed by atoms with Crippen LogP contribution < -0.4 is 5.73 Å². The monoisotopic (exact) mass is 177 g/mol. The number of nitrogens with two attached hydrogens (primary N) is 1. The Morgan fingerprint density at radius 2 is 2.08 bits per heavy atom. The van der Waals surface area contributed by atoms with Crippen molar-refractivity contribution in [3.8, 4) is 0 Å². The van der Waals surface area contributed by atoms with Gasteiger partial charge in [0.25, 0.3) is 0 Å². The van der Waals surface area contributed by atoms with E-state index in [0.717, 1.165) is 6.42 Å². The van der Waals surface area contributed by atoms with Crippen LogP contribution in [0, 0.1) is 12.8 Å². The molecule has 0 heterocycles. The predicted molar refractivity (Wildman–Crippen MR) is 57.6 cm³/mol. The minimum absolute atomic E-state index is 0.185. The van der Waals surface area contributed by atoms with Gasteiger partial charge < -0.3 is 5.73 Å². The van der Waals surface area contributed by atoms with E-state index in [9.17, 15) is 0 Å². The van der Waals surface area contributed by atoms with Crippen LogP contribution in [0.5, 0.6) is 0 Å². The number of rotatable bonds is 3. The highest BCUT2D eigenvalue weighted by atomic mass is 14.6. The summed E-state index contributed by atoms with van der Waals surface area (Å²) in [5.74, 6) is 0.557. The van der Waals surface area contributed by atoms with E-state index >= 15 is 0 Å². The van der Waals surface area contributed by atoms with Crippen LogP contribution in [-0.4, -0.2) is 0 Å². The number of hydrogen-bond acceptors (Lipinski definition) is 1. The molecule has 0 aromatic heterocycles. The highest BCUT2D eigenvalue weighted by Crippen LogP contribution is 2.21. The van der Waals surface area contributed by atoms with Gasteiger partial charge in [0.15, 0.2) is 0 Å². The molecule has 1 aromatic rings. The molecule has 72 valence electrons. The van der Waals surface area contributed by atoms with Crippen LogP contribution >= 0.6 is 0 Å². The normalized spacial score (nSPS) is 15.4. The van der Waals surface area contributed by atoms with E-state index in [1.165, 1.54) is 11.1 Å². The van der Waals surface area contributed by atoms with Crippen LogP contribution in [0.1, 0.15) is 37.4 Å². The van der Waals surface area contributed by atoms with E-state index in [1.807, 2.05) is 0 Å². The third-order valence-electron chi connectivity index (χ3n) is 2.68. The molecule has 1 nitrogen and oxygen atoms in total. The number of hydrogen-bond donors (Lipinski definition) is 1. The van der Waals surface area contributed by atoms with Gasteiger partial charge in [-0.05, 0) is 18.4 Å². The molecule has 0 aliphatic rings. The molecule has 1 unspecified atom stereocenters. The fraction of sp³-hybridized carbons (Fsp3) is 0.500. The summed E-state index contributed by atoms with van der Waals surface area (Å²) in [6.45, 7) is 6.49. The molecule has 2 atom stereocenters. The quantitative estimate of drug-likeness (QED) is 0.754. The maximum Gasteiger partial charge on any atom is 0.0320 e. The molecule has 1 heteroatoms. The van der Waals surface area contributed by atoms with Gasteiger partial charge in [0.2, 0.25) is 0 Å². The van der Waals surface area contributed by atoms with E-state index in [1.54, 1.807) is 0 Å². The molecular formula is C12H19N. The summed E-state index contributed by atoms with van der Waals surface area (Å²) in [4.78, 5) is 0. The minimum Gasteiger partial charge on any atom is -0.324 e. The zero-order valence-corrected chi connectivity index (χ0v) is 8.75. The van der Waals surface area contributed by atoms with Crippen molar-refractivity contribution in [1.29, 1.82) is 0 Å². The van der Waals surface area contributed by atoms with Crippen molar-refractivity contribution in [2.45, 2.75) is 33.2 Å². The summed E-state index contributed by atoms with van der Waals surface area (Å²) < 4.78 is 0. The van der Waals surface area contributed by atoms with Crippen molar-refractivity contribution >= 4 is 0 Å². The fourth-order valence-corrected chi connectivity index (χ4v) is 1.46. The van der Waals surface area contributed by atoms with Crippen molar-refractivity contribution in [2.24, 2.45) is 11.7 Å². The first-order chi connectivity index (χ1) is 6.15. The molecule has 0 saturated carbocycles. The summed E-state index contributed by atoms with van der Waals surface area (Å²) in [5.41, 5.74) is 8.66. The van der Waals surface area contributed by atoms with Crippen molar-refractivity contribution in [3.63, 3.8) is 0 Å². The van der Waals surface area contributed by atoms with Gasteiger partial charge in [0.1, 0.15) is 0 Å². The lowest BCUT2D eigenvalue weighted by atomic mass is 9.93. The van der Waals surface area contributed by atoms with Gasteiger partial charge >= 0.3 is 0 Å².